The molecule has 0 bridgehead atoms. The maximum Gasteiger partial charge on any atom is 0.196 e. The highest BCUT2D eigenvalue weighted by molar-refractivity contribution is 6.67. The van der Waals surface area contributed by atoms with Gasteiger partial charge in [0.2, 0.25) is 0 Å². The highest BCUT2D eigenvalue weighted by Gasteiger charge is 2.22. The lowest BCUT2D eigenvalue weighted by Gasteiger charge is -2.28. The topological polar surface area (TPSA) is 24.4 Å². The molecule has 2 aromatic rings. The molecule has 2 rings (SSSR count). The molecule has 0 aliphatic rings. The molecule has 0 aliphatic carbocycles. The van der Waals surface area contributed by atoms with Crippen molar-refractivity contribution in [1.29, 1.82) is 0 Å². The molecule has 3 heteroatoms. The lowest BCUT2D eigenvalue weighted by Crippen LogP contribution is -2.41. The van der Waals surface area contributed by atoms with Gasteiger partial charge in [0.1, 0.15) is 0 Å². The Kier molecular flexibility index (Phi) is 8.57. The molecule has 28 heavy (non-hydrogen) atoms. The van der Waals surface area contributed by atoms with Gasteiger partial charge >= 0.3 is 0 Å². The predicted molar refractivity (Wildman–Crippen MR) is 126 cm³/mol. The SMILES string of the molecule is CCCB(CCC)/C(=C\C(=Nc1ccccc1)c1ccccc1)NC(C)(C)C. The van der Waals surface area contributed by atoms with Crippen LogP contribution in [0.1, 0.15) is 53.0 Å². The molecule has 0 saturated carbocycles. The summed E-state index contributed by atoms with van der Waals surface area (Å²) in [5.41, 5.74) is 4.45. The van der Waals surface area contributed by atoms with E-state index in [0.29, 0.717) is 6.71 Å². The number of nitrogens with one attached hydrogen (secondary N) is 1. The van der Waals surface area contributed by atoms with E-state index < -0.39 is 0 Å². The number of benzene rings is 2. The molecule has 0 spiro atoms. The summed E-state index contributed by atoms with van der Waals surface area (Å²) in [6.45, 7) is 11.8. The molecular weight excluding hydrogens is 339 g/mol. The van der Waals surface area contributed by atoms with Gasteiger partial charge in [0, 0.05) is 11.1 Å². The number of para-hydroxylation sites is 1. The van der Waals surface area contributed by atoms with Crippen LogP contribution in [-0.4, -0.2) is 18.0 Å². The maximum absolute atomic E-state index is 5.00. The Bertz CT molecular complexity index is 752. The number of hydrogen-bond donors (Lipinski definition) is 1. The van der Waals surface area contributed by atoms with Crippen molar-refractivity contribution < 1.29 is 0 Å². The highest BCUT2D eigenvalue weighted by Crippen LogP contribution is 2.20. The normalized spacial score (nSPS) is 12.8. The molecule has 0 saturated heterocycles. The minimum atomic E-state index is 0.0140. The van der Waals surface area contributed by atoms with Crippen LogP contribution in [0.4, 0.5) is 5.69 Å². The van der Waals surface area contributed by atoms with Crippen LogP contribution in [0.5, 0.6) is 0 Å². The first-order valence-corrected chi connectivity index (χ1v) is 10.6. The molecule has 0 aliphatic heterocycles. The molecule has 0 heterocycles. The van der Waals surface area contributed by atoms with Crippen LogP contribution in [-0.2, 0) is 0 Å². The standard InChI is InChI=1S/C25H35BN2/c1-6-18-26(19-7-2)24(28-25(3,4)5)20-23(21-14-10-8-11-15-21)27-22-16-12-9-13-17-22/h8-17,20,28H,6-7,18-19H2,1-5H3/b24-20+,27-23?. The fourth-order valence-electron chi connectivity index (χ4n) is 3.42. The smallest absolute Gasteiger partial charge is 0.196 e. The van der Waals surface area contributed by atoms with Crippen molar-refractivity contribution in [3.8, 4) is 0 Å². The van der Waals surface area contributed by atoms with Gasteiger partial charge in [-0.15, -0.1) is 0 Å². The fourth-order valence-corrected chi connectivity index (χ4v) is 3.42. The van der Waals surface area contributed by atoms with Crippen LogP contribution in [0.2, 0.25) is 12.6 Å². The van der Waals surface area contributed by atoms with E-state index in [4.69, 9.17) is 4.99 Å². The third-order valence-electron chi connectivity index (χ3n) is 4.60. The van der Waals surface area contributed by atoms with Gasteiger partial charge in [-0.05, 0) is 44.6 Å². The van der Waals surface area contributed by atoms with Crippen LogP contribution < -0.4 is 5.32 Å². The van der Waals surface area contributed by atoms with Crippen molar-refractivity contribution in [2.24, 2.45) is 4.99 Å². The zero-order chi connectivity index (χ0) is 20.4. The maximum atomic E-state index is 5.00. The molecule has 2 aromatic carbocycles. The molecule has 148 valence electrons. The second kappa shape index (κ2) is 10.9. The Morgan fingerprint density at radius 2 is 1.43 bits per heavy atom. The molecule has 0 amide bonds. The number of allylic oxidation sites excluding steroid dienone is 1. The van der Waals surface area contributed by atoms with Crippen LogP contribution in [0, 0.1) is 0 Å². The van der Waals surface area contributed by atoms with Crippen molar-refractivity contribution in [3.63, 3.8) is 0 Å². The molecule has 0 aromatic heterocycles. The van der Waals surface area contributed by atoms with Crippen molar-refractivity contribution in [2.45, 2.75) is 65.6 Å². The van der Waals surface area contributed by atoms with E-state index in [1.165, 1.54) is 31.1 Å². The van der Waals surface area contributed by atoms with E-state index in [9.17, 15) is 0 Å². The quantitative estimate of drug-likeness (QED) is 0.373. The third kappa shape index (κ3) is 7.38. The Hall–Kier alpha value is -2.29. The van der Waals surface area contributed by atoms with Crippen molar-refractivity contribution in [2.75, 3.05) is 0 Å². The molecule has 0 radical (unpaired) electrons. The summed E-state index contributed by atoms with van der Waals surface area (Å²) < 4.78 is 0. The van der Waals surface area contributed by atoms with Crippen LogP contribution >= 0.6 is 0 Å². The first-order chi connectivity index (χ1) is 13.4. The van der Waals surface area contributed by atoms with E-state index in [0.717, 1.165) is 17.0 Å². The van der Waals surface area contributed by atoms with E-state index in [-0.39, 0.29) is 5.54 Å². The summed E-state index contributed by atoms with van der Waals surface area (Å²) in [4.78, 5) is 5.00. The third-order valence-corrected chi connectivity index (χ3v) is 4.60. The van der Waals surface area contributed by atoms with Crippen molar-refractivity contribution in [1.82, 2.24) is 5.32 Å². The van der Waals surface area contributed by atoms with Crippen molar-refractivity contribution >= 4 is 18.1 Å². The fraction of sp³-hybridized carbons (Fsp3) is 0.400. The van der Waals surface area contributed by atoms with Crippen LogP contribution in [0.15, 0.2) is 77.3 Å². The lowest BCUT2D eigenvalue weighted by atomic mass is 9.41. The predicted octanol–water partition coefficient (Wildman–Crippen LogP) is 6.93. The van der Waals surface area contributed by atoms with Gasteiger partial charge in [0.15, 0.2) is 6.71 Å². The number of aliphatic imine (C=N–C) groups is 1. The van der Waals surface area contributed by atoms with E-state index in [1.54, 1.807) is 0 Å². The molecule has 2 nitrogen and oxygen atoms in total. The van der Waals surface area contributed by atoms with E-state index in [2.05, 4.69) is 88.5 Å². The zero-order valence-electron chi connectivity index (χ0n) is 18.2. The van der Waals surface area contributed by atoms with Gasteiger partial charge in [0.05, 0.1) is 11.4 Å². The molecule has 0 unspecified atom stereocenters. The van der Waals surface area contributed by atoms with Gasteiger partial charge in [-0.2, -0.15) is 0 Å². The van der Waals surface area contributed by atoms with Crippen LogP contribution in [0.25, 0.3) is 0 Å². The van der Waals surface area contributed by atoms with Gasteiger partial charge < -0.3 is 5.32 Å². The number of nitrogens with zero attached hydrogens (tertiary/aromatic N) is 1. The lowest BCUT2D eigenvalue weighted by molar-refractivity contribution is 0.483. The summed E-state index contributed by atoms with van der Waals surface area (Å²) in [5, 5.41) is 3.79. The average molecular weight is 374 g/mol. The van der Waals surface area contributed by atoms with Gasteiger partial charge in [-0.3, -0.25) is 0 Å². The monoisotopic (exact) mass is 374 g/mol. The van der Waals surface area contributed by atoms with E-state index >= 15 is 0 Å². The first kappa shape index (κ1) is 22.0. The Labute approximate surface area is 172 Å². The van der Waals surface area contributed by atoms with E-state index in [1.807, 2.05) is 18.2 Å². The van der Waals surface area contributed by atoms with Gasteiger partial charge in [-0.1, -0.05) is 87.9 Å². The second-order valence-corrected chi connectivity index (χ2v) is 8.45. The second-order valence-electron chi connectivity index (χ2n) is 8.45. The average Bonchev–Trinajstić information content (AvgIpc) is 2.67. The molecule has 0 atom stereocenters. The summed E-state index contributed by atoms with van der Waals surface area (Å²) in [5.74, 6) is 0. The largest absolute Gasteiger partial charge is 0.391 e. The zero-order valence-corrected chi connectivity index (χ0v) is 18.2. The molecule has 0 fully saturated rings. The Balaban J connectivity index is 2.55. The first-order valence-electron chi connectivity index (χ1n) is 10.6. The molecule has 1 N–H and O–H groups in total. The highest BCUT2D eigenvalue weighted by atomic mass is 14.9. The Morgan fingerprint density at radius 1 is 0.893 bits per heavy atom. The summed E-state index contributed by atoms with van der Waals surface area (Å²) in [7, 11) is 0. The van der Waals surface area contributed by atoms with Crippen molar-refractivity contribution in [3.05, 3.63) is 77.9 Å². The van der Waals surface area contributed by atoms with Gasteiger partial charge in [0.25, 0.3) is 0 Å². The number of rotatable bonds is 9. The minimum Gasteiger partial charge on any atom is -0.391 e. The summed E-state index contributed by atoms with van der Waals surface area (Å²) in [6, 6.07) is 20.7. The number of hydrogen-bond acceptors (Lipinski definition) is 2. The molecular formula is C25H35BN2. The minimum absolute atomic E-state index is 0.0140. The van der Waals surface area contributed by atoms with Gasteiger partial charge in [-0.25, -0.2) is 4.99 Å². The van der Waals surface area contributed by atoms with Crippen LogP contribution in [0.3, 0.4) is 0 Å². The Morgan fingerprint density at radius 3 is 1.93 bits per heavy atom. The summed E-state index contributed by atoms with van der Waals surface area (Å²) in [6.07, 6.45) is 7.03. The summed E-state index contributed by atoms with van der Waals surface area (Å²) >= 11 is 0.